The fourth-order valence-corrected chi connectivity index (χ4v) is 3.13. The molecule has 0 bridgehead atoms. The third kappa shape index (κ3) is 4.10. The predicted molar refractivity (Wildman–Crippen MR) is 104 cm³/mol. The topological polar surface area (TPSA) is 31.0 Å². The van der Waals surface area contributed by atoms with Crippen molar-refractivity contribution >= 4 is 46.7 Å². The Morgan fingerprint density at radius 2 is 1.96 bits per heavy atom. The fraction of sp³-hybridized carbons (Fsp3) is 0.222. The molecular weight excluding hydrogens is 364 g/mol. The lowest BCUT2D eigenvalue weighted by Crippen LogP contribution is -1.99. The van der Waals surface area contributed by atoms with Crippen LogP contribution in [0.3, 0.4) is 0 Å². The number of methoxy groups -OCH3 is 1. The van der Waals surface area contributed by atoms with Crippen LogP contribution in [0.2, 0.25) is 5.02 Å². The van der Waals surface area contributed by atoms with Crippen molar-refractivity contribution in [2.24, 2.45) is 0 Å². The number of halogens is 1. The van der Waals surface area contributed by atoms with Crippen LogP contribution < -0.4 is 4.74 Å². The molecule has 6 heteroatoms. The molecular formula is C18H17ClO3S2. The molecule has 126 valence electrons. The van der Waals surface area contributed by atoms with Crippen LogP contribution in [0.25, 0.3) is 9.81 Å². The van der Waals surface area contributed by atoms with Gasteiger partial charge in [-0.15, -0.1) is 25.3 Å². The Morgan fingerprint density at radius 3 is 2.62 bits per heavy atom. The van der Waals surface area contributed by atoms with Crippen LogP contribution in [-0.2, 0) is 16.1 Å². The first-order chi connectivity index (χ1) is 11.6. The zero-order chi connectivity index (χ0) is 17.1. The van der Waals surface area contributed by atoms with Gasteiger partial charge in [-0.25, -0.2) is 0 Å². The number of rotatable bonds is 6. The third-order valence-corrected chi connectivity index (χ3v) is 5.09. The van der Waals surface area contributed by atoms with E-state index in [1.54, 1.807) is 7.11 Å². The summed E-state index contributed by atoms with van der Waals surface area (Å²) in [5, 5.41) is 0.635. The highest BCUT2D eigenvalue weighted by atomic mass is 35.5. The van der Waals surface area contributed by atoms with E-state index < -0.39 is 0 Å². The van der Waals surface area contributed by atoms with Crippen LogP contribution in [0.5, 0.6) is 5.75 Å². The van der Waals surface area contributed by atoms with Gasteiger partial charge < -0.3 is 14.2 Å². The first-order valence-electron chi connectivity index (χ1n) is 7.37. The van der Waals surface area contributed by atoms with Gasteiger partial charge in [0.25, 0.3) is 0 Å². The van der Waals surface area contributed by atoms with Gasteiger partial charge in [0.05, 0.1) is 13.7 Å². The largest absolute Gasteiger partial charge is 0.496 e. The van der Waals surface area contributed by atoms with Crippen LogP contribution in [0.15, 0.2) is 42.5 Å². The van der Waals surface area contributed by atoms with Crippen LogP contribution >= 0.6 is 36.9 Å². The summed E-state index contributed by atoms with van der Waals surface area (Å²) in [6.07, 6.45) is -0.0843. The molecule has 24 heavy (non-hydrogen) atoms. The van der Waals surface area contributed by atoms with Gasteiger partial charge in [-0.2, -0.15) is 0 Å². The van der Waals surface area contributed by atoms with Crippen molar-refractivity contribution in [3.63, 3.8) is 0 Å². The van der Waals surface area contributed by atoms with E-state index in [0.717, 1.165) is 27.3 Å². The third-order valence-electron chi connectivity index (χ3n) is 3.64. The predicted octanol–water partition coefficient (Wildman–Crippen LogP) is 4.91. The van der Waals surface area contributed by atoms with Gasteiger partial charge >= 0.3 is 0 Å². The van der Waals surface area contributed by atoms with E-state index in [2.05, 4.69) is 25.3 Å². The number of hydrogen-bond acceptors (Lipinski definition) is 5. The van der Waals surface area contributed by atoms with Crippen LogP contribution in [0, 0.1) is 0 Å². The summed E-state index contributed by atoms with van der Waals surface area (Å²) in [7, 11) is 1.63. The highest BCUT2D eigenvalue weighted by Gasteiger charge is 2.23. The quantitative estimate of drug-likeness (QED) is 0.424. The van der Waals surface area contributed by atoms with Gasteiger partial charge in [-0.3, -0.25) is 0 Å². The molecule has 1 unspecified atom stereocenters. The van der Waals surface area contributed by atoms with Crippen LogP contribution in [-0.4, -0.2) is 20.0 Å². The SMILES string of the molecule is COc1cc(/C(S)=C(/S)c2ccccc2Cl)ccc1COC1CO1. The highest BCUT2D eigenvalue weighted by Crippen LogP contribution is 2.37. The molecule has 0 aromatic heterocycles. The van der Waals surface area contributed by atoms with Crippen molar-refractivity contribution < 1.29 is 14.2 Å². The van der Waals surface area contributed by atoms with Crippen LogP contribution in [0.4, 0.5) is 0 Å². The minimum atomic E-state index is -0.0843. The molecule has 2 aromatic carbocycles. The smallest absolute Gasteiger partial charge is 0.181 e. The number of epoxide rings is 1. The molecule has 0 aliphatic carbocycles. The molecule has 3 rings (SSSR count). The maximum absolute atomic E-state index is 6.24. The molecule has 2 aromatic rings. The maximum atomic E-state index is 6.24. The second kappa shape index (κ2) is 7.85. The van der Waals surface area contributed by atoms with Gasteiger partial charge in [0.15, 0.2) is 6.29 Å². The van der Waals surface area contributed by atoms with Gasteiger partial charge in [0.1, 0.15) is 12.4 Å². The van der Waals surface area contributed by atoms with E-state index >= 15 is 0 Å². The lowest BCUT2D eigenvalue weighted by Gasteiger charge is -2.13. The average molecular weight is 381 g/mol. The molecule has 3 nitrogen and oxygen atoms in total. The van der Waals surface area contributed by atoms with E-state index in [0.29, 0.717) is 23.1 Å². The summed E-state index contributed by atoms with van der Waals surface area (Å²) >= 11 is 15.5. The summed E-state index contributed by atoms with van der Waals surface area (Å²) in [6, 6.07) is 13.4. The van der Waals surface area contributed by atoms with E-state index in [-0.39, 0.29) is 6.29 Å². The normalized spacial score (nSPS) is 17.4. The minimum Gasteiger partial charge on any atom is -0.496 e. The Balaban J connectivity index is 1.90. The van der Waals surface area contributed by atoms with Crippen molar-refractivity contribution in [1.82, 2.24) is 0 Å². The van der Waals surface area contributed by atoms with Gasteiger partial charge in [-0.1, -0.05) is 41.9 Å². The molecule has 1 aliphatic heterocycles. The molecule has 0 N–H and O–H groups in total. The highest BCUT2D eigenvalue weighted by molar-refractivity contribution is 7.96. The first-order valence-corrected chi connectivity index (χ1v) is 8.65. The fourth-order valence-electron chi connectivity index (χ4n) is 2.25. The Bertz CT molecular complexity index is 773. The monoisotopic (exact) mass is 380 g/mol. The Hall–Kier alpha value is -1.11. The first kappa shape index (κ1) is 17.7. The van der Waals surface area contributed by atoms with Crippen molar-refractivity contribution in [3.05, 3.63) is 64.2 Å². The standard InChI is InChI=1S/C18H17ClO3S2/c1-20-15-8-11(6-7-12(15)9-21-16-10-22-16)17(23)18(24)13-4-2-3-5-14(13)19/h2-8,16,23-24H,9-10H2,1H3/b18-17-. The van der Waals surface area contributed by atoms with E-state index in [4.69, 9.17) is 25.8 Å². The lowest BCUT2D eigenvalue weighted by molar-refractivity contribution is 0.0376. The zero-order valence-electron chi connectivity index (χ0n) is 13.0. The second-order valence-electron chi connectivity index (χ2n) is 5.28. The number of thiol groups is 2. The van der Waals surface area contributed by atoms with Gasteiger partial charge in [0, 0.05) is 26.0 Å². The molecule has 0 amide bonds. The number of hydrogen-bond donors (Lipinski definition) is 2. The summed E-state index contributed by atoms with van der Waals surface area (Å²) in [4.78, 5) is 1.43. The molecule has 1 aliphatic rings. The van der Waals surface area contributed by atoms with Crippen molar-refractivity contribution in [1.29, 1.82) is 0 Å². The molecule has 1 heterocycles. The van der Waals surface area contributed by atoms with E-state index in [1.807, 2.05) is 42.5 Å². The zero-order valence-corrected chi connectivity index (χ0v) is 15.6. The number of benzene rings is 2. The van der Waals surface area contributed by atoms with E-state index in [1.165, 1.54) is 0 Å². The van der Waals surface area contributed by atoms with Gasteiger partial charge in [0.2, 0.25) is 0 Å². The number of ether oxygens (including phenoxy) is 3. The molecule has 0 saturated carbocycles. The van der Waals surface area contributed by atoms with E-state index in [9.17, 15) is 0 Å². The molecule has 0 spiro atoms. The average Bonchev–Trinajstić information content (AvgIpc) is 3.43. The van der Waals surface area contributed by atoms with Crippen LogP contribution in [0.1, 0.15) is 16.7 Å². The Kier molecular flexibility index (Phi) is 5.79. The summed E-state index contributed by atoms with van der Waals surface area (Å²) in [5.41, 5.74) is 2.69. The summed E-state index contributed by atoms with van der Waals surface area (Å²) in [6.45, 7) is 1.10. The maximum Gasteiger partial charge on any atom is 0.181 e. The Morgan fingerprint density at radius 1 is 1.21 bits per heavy atom. The minimum absolute atomic E-state index is 0.0843. The molecule has 1 atom stereocenters. The van der Waals surface area contributed by atoms with Crippen molar-refractivity contribution in [2.75, 3.05) is 13.7 Å². The summed E-state index contributed by atoms with van der Waals surface area (Å²) in [5.74, 6) is 0.736. The molecule has 0 radical (unpaired) electrons. The lowest BCUT2D eigenvalue weighted by atomic mass is 10.1. The Labute approximate surface area is 157 Å². The van der Waals surface area contributed by atoms with Crippen molar-refractivity contribution in [3.8, 4) is 5.75 Å². The van der Waals surface area contributed by atoms with Gasteiger partial charge in [-0.05, 0) is 17.7 Å². The molecule has 1 saturated heterocycles. The van der Waals surface area contributed by atoms with Crippen molar-refractivity contribution in [2.45, 2.75) is 12.9 Å². The molecule has 1 fully saturated rings. The summed E-state index contributed by atoms with van der Waals surface area (Å²) < 4.78 is 16.1. The second-order valence-corrected chi connectivity index (χ2v) is 6.58.